The minimum absolute atomic E-state index is 0.0620. The third kappa shape index (κ3) is 2.56. The van der Waals surface area contributed by atoms with Crippen molar-refractivity contribution in [3.63, 3.8) is 0 Å². The molecule has 2 aromatic carbocycles. The summed E-state index contributed by atoms with van der Waals surface area (Å²) in [6, 6.07) is 11.8. The van der Waals surface area contributed by atoms with Crippen LogP contribution in [0.2, 0.25) is 0 Å². The fourth-order valence-corrected chi connectivity index (χ4v) is 2.22. The molecule has 22 heavy (non-hydrogen) atoms. The molecule has 1 heterocycles. The lowest BCUT2D eigenvalue weighted by Crippen LogP contribution is -2.08. The second-order valence-electron chi connectivity index (χ2n) is 4.89. The molecule has 112 valence electrons. The van der Waals surface area contributed by atoms with Crippen molar-refractivity contribution in [3.8, 4) is 0 Å². The van der Waals surface area contributed by atoms with E-state index in [0.717, 1.165) is 11.3 Å². The van der Waals surface area contributed by atoms with Crippen LogP contribution in [0.15, 0.2) is 51.7 Å². The molecule has 0 atom stereocenters. The number of nitro groups is 1. The van der Waals surface area contributed by atoms with Crippen molar-refractivity contribution < 1.29 is 9.34 Å². The molecule has 0 aliphatic rings. The van der Waals surface area contributed by atoms with Crippen LogP contribution in [0.25, 0.3) is 11.1 Å². The molecule has 0 aliphatic heterocycles. The SMILES string of the molecule is Cn1c(=O)oc2ccc(NCc3cccc([N+](=O)[O-])c3)cc21. The number of nitrogens with zero attached hydrogens (tertiary/aromatic N) is 2. The molecular weight excluding hydrogens is 286 g/mol. The number of non-ortho nitro benzene ring substituents is 1. The van der Waals surface area contributed by atoms with Crippen molar-refractivity contribution in [1.82, 2.24) is 4.57 Å². The Kier molecular flexibility index (Phi) is 3.38. The topological polar surface area (TPSA) is 90.3 Å². The van der Waals surface area contributed by atoms with Crippen LogP contribution in [-0.2, 0) is 13.6 Å². The molecule has 3 rings (SSSR count). The molecule has 0 bridgehead atoms. The van der Waals surface area contributed by atoms with Crippen LogP contribution in [0, 0.1) is 10.1 Å². The lowest BCUT2D eigenvalue weighted by molar-refractivity contribution is -0.384. The molecule has 1 aromatic heterocycles. The van der Waals surface area contributed by atoms with Crippen LogP contribution < -0.4 is 11.1 Å². The van der Waals surface area contributed by atoms with Gasteiger partial charge in [-0.05, 0) is 23.8 Å². The summed E-state index contributed by atoms with van der Waals surface area (Å²) >= 11 is 0. The van der Waals surface area contributed by atoms with Gasteiger partial charge in [0.05, 0.1) is 10.4 Å². The number of aromatic nitrogens is 1. The summed E-state index contributed by atoms with van der Waals surface area (Å²) < 4.78 is 6.49. The van der Waals surface area contributed by atoms with E-state index in [0.29, 0.717) is 17.6 Å². The molecule has 0 radical (unpaired) electrons. The lowest BCUT2D eigenvalue weighted by atomic mass is 10.2. The summed E-state index contributed by atoms with van der Waals surface area (Å²) in [6.07, 6.45) is 0. The number of nitrogens with one attached hydrogen (secondary N) is 1. The molecule has 0 saturated carbocycles. The highest BCUT2D eigenvalue weighted by atomic mass is 16.6. The number of nitro benzene ring substituents is 1. The van der Waals surface area contributed by atoms with E-state index in [1.165, 1.54) is 16.7 Å². The Morgan fingerprint density at radius 3 is 2.86 bits per heavy atom. The van der Waals surface area contributed by atoms with Crippen molar-refractivity contribution in [2.75, 3.05) is 5.32 Å². The standard InChI is InChI=1S/C15H13N3O4/c1-17-13-8-11(5-6-14(13)22-15(17)19)16-9-10-3-2-4-12(7-10)18(20)21/h2-8,16H,9H2,1H3. The molecular formula is C15H13N3O4. The van der Waals surface area contributed by atoms with Crippen molar-refractivity contribution in [3.05, 3.63) is 68.7 Å². The Hall–Kier alpha value is -3.09. The van der Waals surface area contributed by atoms with E-state index in [1.54, 1.807) is 31.3 Å². The highest BCUT2D eigenvalue weighted by Crippen LogP contribution is 2.19. The molecule has 1 N–H and O–H groups in total. The smallest absolute Gasteiger partial charge is 0.408 e. The molecule has 0 spiro atoms. The lowest BCUT2D eigenvalue weighted by Gasteiger charge is -2.06. The molecule has 7 nitrogen and oxygen atoms in total. The normalized spacial score (nSPS) is 10.8. The van der Waals surface area contributed by atoms with Crippen LogP contribution >= 0.6 is 0 Å². The molecule has 7 heteroatoms. The number of oxazole rings is 1. The number of rotatable bonds is 4. The second kappa shape index (κ2) is 5.36. The maximum absolute atomic E-state index is 11.4. The Morgan fingerprint density at radius 1 is 1.27 bits per heavy atom. The van der Waals surface area contributed by atoms with Crippen LogP contribution in [0.3, 0.4) is 0 Å². The summed E-state index contributed by atoms with van der Waals surface area (Å²) in [6.45, 7) is 0.443. The van der Waals surface area contributed by atoms with E-state index >= 15 is 0 Å². The number of hydrogen-bond donors (Lipinski definition) is 1. The minimum Gasteiger partial charge on any atom is -0.408 e. The Morgan fingerprint density at radius 2 is 2.09 bits per heavy atom. The molecule has 0 fully saturated rings. The largest absolute Gasteiger partial charge is 0.419 e. The van der Waals surface area contributed by atoms with Crippen molar-refractivity contribution in [2.45, 2.75) is 6.54 Å². The van der Waals surface area contributed by atoms with Gasteiger partial charge in [0.1, 0.15) is 0 Å². The third-order valence-corrected chi connectivity index (χ3v) is 3.41. The van der Waals surface area contributed by atoms with Gasteiger partial charge in [-0.3, -0.25) is 14.7 Å². The van der Waals surface area contributed by atoms with Crippen molar-refractivity contribution in [2.24, 2.45) is 7.05 Å². The van der Waals surface area contributed by atoms with Crippen molar-refractivity contribution >= 4 is 22.5 Å². The second-order valence-corrected chi connectivity index (χ2v) is 4.89. The van der Waals surface area contributed by atoms with E-state index in [4.69, 9.17) is 4.42 Å². The van der Waals surface area contributed by atoms with Crippen LogP contribution in [0.1, 0.15) is 5.56 Å². The van der Waals surface area contributed by atoms with Gasteiger partial charge >= 0.3 is 5.76 Å². The van der Waals surface area contributed by atoms with Crippen molar-refractivity contribution in [1.29, 1.82) is 0 Å². The highest BCUT2D eigenvalue weighted by Gasteiger charge is 2.08. The summed E-state index contributed by atoms with van der Waals surface area (Å²) in [5.74, 6) is -0.411. The van der Waals surface area contributed by atoms with Gasteiger partial charge in [0.15, 0.2) is 5.58 Å². The summed E-state index contributed by atoms with van der Waals surface area (Å²) in [5.41, 5.74) is 2.88. The first-order valence-electron chi connectivity index (χ1n) is 6.61. The highest BCUT2D eigenvalue weighted by molar-refractivity contribution is 5.77. The van der Waals surface area contributed by atoms with Gasteiger partial charge in [0, 0.05) is 31.4 Å². The van der Waals surface area contributed by atoms with E-state index < -0.39 is 10.7 Å². The van der Waals surface area contributed by atoms with E-state index in [9.17, 15) is 14.9 Å². The van der Waals surface area contributed by atoms with Gasteiger partial charge < -0.3 is 9.73 Å². The fraction of sp³-hybridized carbons (Fsp3) is 0.133. The Bertz CT molecular complexity index is 911. The Labute approximate surface area is 124 Å². The molecule has 0 amide bonds. The first kappa shape index (κ1) is 13.9. The van der Waals surface area contributed by atoms with Gasteiger partial charge in [-0.2, -0.15) is 0 Å². The first-order valence-corrected chi connectivity index (χ1v) is 6.61. The third-order valence-electron chi connectivity index (χ3n) is 3.41. The summed E-state index contributed by atoms with van der Waals surface area (Å²) in [5, 5.41) is 13.9. The number of fused-ring (bicyclic) bond motifs is 1. The van der Waals surface area contributed by atoms with E-state index in [-0.39, 0.29) is 5.69 Å². The minimum atomic E-state index is -0.420. The van der Waals surface area contributed by atoms with Gasteiger partial charge in [-0.25, -0.2) is 4.79 Å². The van der Waals surface area contributed by atoms with Crippen LogP contribution in [0.5, 0.6) is 0 Å². The summed E-state index contributed by atoms with van der Waals surface area (Å²) in [7, 11) is 1.64. The predicted octanol–water partition coefficient (Wildman–Crippen LogP) is 2.65. The molecule has 0 aliphatic carbocycles. The molecule has 0 unspecified atom stereocenters. The number of benzene rings is 2. The van der Waals surface area contributed by atoms with Crippen LogP contribution in [0.4, 0.5) is 11.4 Å². The summed E-state index contributed by atoms with van der Waals surface area (Å²) in [4.78, 5) is 21.8. The zero-order valence-electron chi connectivity index (χ0n) is 11.8. The zero-order valence-corrected chi connectivity index (χ0v) is 11.8. The monoisotopic (exact) mass is 299 g/mol. The maximum Gasteiger partial charge on any atom is 0.419 e. The van der Waals surface area contributed by atoms with Gasteiger partial charge in [-0.1, -0.05) is 12.1 Å². The van der Waals surface area contributed by atoms with Gasteiger partial charge in [0.25, 0.3) is 5.69 Å². The van der Waals surface area contributed by atoms with Crippen LogP contribution in [-0.4, -0.2) is 9.49 Å². The molecule has 0 saturated heterocycles. The average Bonchev–Trinajstić information content (AvgIpc) is 2.80. The van der Waals surface area contributed by atoms with Gasteiger partial charge in [0.2, 0.25) is 0 Å². The fourth-order valence-electron chi connectivity index (χ4n) is 2.22. The van der Waals surface area contributed by atoms with Gasteiger partial charge in [-0.15, -0.1) is 0 Å². The van der Waals surface area contributed by atoms with E-state index in [2.05, 4.69) is 5.32 Å². The van der Waals surface area contributed by atoms with E-state index in [1.807, 2.05) is 6.07 Å². The maximum atomic E-state index is 11.4. The quantitative estimate of drug-likeness (QED) is 0.591. The average molecular weight is 299 g/mol. The molecule has 3 aromatic rings. The number of hydrogen-bond acceptors (Lipinski definition) is 5. The number of aryl methyl sites for hydroxylation is 1. The zero-order chi connectivity index (χ0) is 15.7. The first-order chi connectivity index (χ1) is 10.5. The number of anilines is 1. The predicted molar refractivity (Wildman–Crippen MR) is 81.9 cm³/mol. The Balaban J connectivity index is 1.82.